The standard InChI is InChI=1S/C12H21N5OS.ClH/c1-8(2)10(13)11(18)16-4-6-17(7-5-16)12-14-9(3)15-19-12;/h8,10H,4-7,13H2,1-3H3;1H/t10-;/m0./s1. The van der Waals surface area contributed by atoms with Gasteiger partial charge in [-0.25, -0.2) is 4.98 Å². The SMILES string of the molecule is Cc1nsc(N2CCN(C(=O)[C@@H](N)C(C)C)CC2)n1.Cl. The first kappa shape index (κ1) is 17.1. The summed E-state index contributed by atoms with van der Waals surface area (Å²) < 4.78 is 4.19. The number of hydrogen-bond acceptors (Lipinski definition) is 6. The Balaban J connectivity index is 0.00000200. The van der Waals surface area contributed by atoms with Crippen LogP contribution in [0, 0.1) is 12.8 Å². The first-order valence-corrected chi connectivity index (χ1v) is 7.36. The third-order valence-electron chi connectivity index (χ3n) is 3.38. The second-order valence-electron chi connectivity index (χ2n) is 5.21. The van der Waals surface area contributed by atoms with Crippen molar-refractivity contribution in [1.29, 1.82) is 0 Å². The maximum absolute atomic E-state index is 12.1. The second kappa shape index (κ2) is 7.19. The summed E-state index contributed by atoms with van der Waals surface area (Å²) in [7, 11) is 0. The molecule has 2 N–H and O–H groups in total. The molecule has 1 aromatic rings. The van der Waals surface area contributed by atoms with Crippen LogP contribution in [0.25, 0.3) is 0 Å². The van der Waals surface area contributed by atoms with Crippen LogP contribution in [-0.4, -0.2) is 52.4 Å². The zero-order valence-corrected chi connectivity index (χ0v) is 13.7. The zero-order valence-electron chi connectivity index (χ0n) is 12.1. The van der Waals surface area contributed by atoms with Crippen molar-refractivity contribution in [2.75, 3.05) is 31.1 Å². The summed E-state index contributed by atoms with van der Waals surface area (Å²) >= 11 is 1.41. The van der Waals surface area contributed by atoms with Gasteiger partial charge >= 0.3 is 0 Å². The van der Waals surface area contributed by atoms with Gasteiger partial charge in [0.1, 0.15) is 5.82 Å². The molecule has 20 heavy (non-hydrogen) atoms. The van der Waals surface area contributed by atoms with Crippen LogP contribution >= 0.6 is 23.9 Å². The maximum Gasteiger partial charge on any atom is 0.239 e. The number of carbonyl (C=O) groups excluding carboxylic acids is 1. The van der Waals surface area contributed by atoms with Crippen LogP contribution in [0.15, 0.2) is 0 Å². The largest absolute Gasteiger partial charge is 0.343 e. The lowest BCUT2D eigenvalue weighted by molar-refractivity contribution is -0.133. The van der Waals surface area contributed by atoms with E-state index in [0.29, 0.717) is 13.1 Å². The predicted octanol–water partition coefficient (Wildman–Crippen LogP) is 0.900. The van der Waals surface area contributed by atoms with Gasteiger partial charge in [0.15, 0.2) is 0 Å². The fourth-order valence-electron chi connectivity index (χ4n) is 2.03. The van der Waals surface area contributed by atoms with E-state index >= 15 is 0 Å². The van der Waals surface area contributed by atoms with Crippen molar-refractivity contribution >= 4 is 35.0 Å². The molecule has 1 amide bonds. The van der Waals surface area contributed by atoms with E-state index in [4.69, 9.17) is 5.73 Å². The molecule has 0 spiro atoms. The molecule has 1 aliphatic rings. The third kappa shape index (κ3) is 3.80. The molecule has 0 unspecified atom stereocenters. The smallest absolute Gasteiger partial charge is 0.239 e. The van der Waals surface area contributed by atoms with Crippen LogP contribution in [0.2, 0.25) is 0 Å². The van der Waals surface area contributed by atoms with Crippen LogP contribution in [0.1, 0.15) is 19.7 Å². The Morgan fingerprint density at radius 2 is 1.90 bits per heavy atom. The Morgan fingerprint density at radius 3 is 2.35 bits per heavy atom. The van der Waals surface area contributed by atoms with Crippen LogP contribution in [0.5, 0.6) is 0 Å². The number of aromatic nitrogens is 2. The van der Waals surface area contributed by atoms with Crippen molar-refractivity contribution in [1.82, 2.24) is 14.3 Å². The van der Waals surface area contributed by atoms with E-state index < -0.39 is 6.04 Å². The summed E-state index contributed by atoms with van der Waals surface area (Å²) in [5.41, 5.74) is 5.91. The molecular formula is C12H22ClN5OS. The van der Waals surface area contributed by atoms with Gasteiger partial charge in [-0.1, -0.05) is 13.8 Å². The fourth-order valence-corrected chi connectivity index (χ4v) is 2.75. The van der Waals surface area contributed by atoms with Gasteiger partial charge in [0.05, 0.1) is 6.04 Å². The Morgan fingerprint density at radius 1 is 1.30 bits per heavy atom. The summed E-state index contributed by atoms with van der Waals surface area (Å²) in [5, 5.41) is 0.942. The first-order valence-electron chi connectivity index (χ1n) is 6.58. The van der Waals surface area contributed by atoms with Gasteiger partial charge < -0.3 is 15.5 Å². The van der Waals surface area contributed by atoms with Gasteiger partial charge in [0, 0.05) is 37.7 Å². The number of carbonyl (C=O) groups is 1. The van der Waals surface area contributed by atoms with E-state index in [1.165, 1.54) is 11.5 Å². The number of hydrogen-bond donors (Lipinski definition) is 1. The summed E-state index contributed by atoms with van der Waals surface area (Å²) in [6.07, 6.45) is 0. The van der Waals surface area contributed by atoms with E-state index in [9.17, 15) is 4.79 Å². The Hall–Kier alpha value is -0.920. The second-order valence-corrected chi connectivity index (χ2v) is 5.94. The Bertz CT molecular complexity index is 445. The van der Waals surface area contributed by atoms with Crippen LogP contribution in [0.3, 0.4) is 0 Å². The van der Waals surface area contributed by atoms with Gasteiger partial charge in [-0.15, -0.1) is 12.4 Å². The van der Waals surface area contributed by atoms with Crippen molar-refractivity contribution < 1.29 is 4.79 Å². The molecule has 1 saturated heterocycles. The molecule has 0 aromatic carbocycles. The lowest BCUT2D eigenvalue weighted by atomic mass is 10.0. The lowest BCUT2D eigenvalue weighted by Gasteiger charge is -2.36. The highest BCUT2D eigenvalue weighted by atomic mass is 35.5. The molecular weight excluding hydrogens is 298 g/mol. The van der Waals surface area contributed by atoms with E-state index in [0.717, 1.165) is 24.0 Å². The van der Waals surface area contributed by atoms with E-state index in [1.54, 1.807) is 0 Å². The molecule has 0 radical (unpaired) electrons. The molecule has 2 heterocycles. The Labute approximate surface area is 129 Å². The minimum Gasteiger partial charge on any atom is -0.343 e. The van der Waals surface area contributed by atoms with Gasteiger partial charge in [0.2, 0.25) is 11.0 Å². The number of halogens is 1. The molecule has 1 fully saturated rings. The normalized spacial score (nSPS) is 17.1. The quantitative estimate of drug-likeness (QED) is 0.896. The third-order valence-corrected chi connectivity index (χ3v) is 4.25. The molecule has 0 aliphatic carbocycles. The predicted molar refractivity (Wildman–Crippen MR) is 83.5 cm³/mol. The molecule has 6 nitrogen and oxygen atoms in total. The van der Waals surface area contributed by atoms with Crippen LogP contribution in [0.4, 0.5) is 5.13 Å². The number of nitrogens with two attached hydrogens (primary N) is 1. The number of aryl methyl sites for hydroxylation is 1. The van der Waals surface area contributed by atoms with Crippen molar-refractivity contribution in [3.05, 3.63) is 5.82 Å². The van der Waals surface area contributed by atoms with Gasteiger partial charge in [0.25, 0.3) is 0 Å². The monoisotopic (exact) mass is 319 g/mol. The minimum atomic E-state index is -0.393. The molecule has 1 atom stereocenters. The lowest BCUT2D eigenvalue weighted by Crippen LogP contribution is -2.54. The van der Waals surface area contributed by atoms with E-state index in [2.05, 4.69) is 14.3 Å². The van der Waals surface area contributed by atoms with Gasteiger partial charge in [-0.05, 0) is 12.8 Å². The van der Waals surface area contributed by atoms with E-state index in [1.807, 2.05) is 25.7 Å². The molecule has 1 aliphatic heterocycles. The fraction of sp³-hybridized carbons (Fsp3) is 0.750. The van der Waals surface area contributed by atoms with E-state index in [-0.39, 0.29) is 24.2 Å². The first-order chi connectivity index (χ1) is 8.99. The zero-order chi connectivity index (χ0) is 14.0. The molecule has 114 valence electrons. The summed E-state index contributed by atoms with van der Waals surface area (Å²) in [5.74, 6) is 1.04. The van der Waals surface area contributed by atoms with Crippen molar-refractivity contribution in [2.45, 2.75) is 26.8 Å². The maximum atomic E-state index is 12.1. The molecule has 1 aromatic heterocycles. The number of amides is 1. The Kier molecular flexibility index (Phi) is 6.16. The summed E-state index contributed by atoms with van der Waals surface area (Å²) in [6.45, 7) is 8.85. The average molecular weight is 320 g/mol. The number of anilines is 1. The highest BCUT2D eigenvalue weighted by molar-refractivity contribution is 7.09. The number of piperazine rings is 1. The number of rotatable bonds is 3. The van der Waals surface area contributed by atoms with Crippen molar-refractivity contribution in [3.8, 4) is 0 Å². The number of nitrogens with zero attached hydrogens (tertiary/aromatic N) is 4. The highest BCUT2D eigenvalue weighted by Gasteiger charge is 2.27. The molecule has 0 bridgehead atoms. The van der Waals surface area contributed by atoms with Gasteiger partial charge in [-0.2, -0.15) is 4.37 Å². The minimum absolute atomic E-state index is 0. The molecule has 2 rings (SSSR count). The van der Waals surface area contributed by atoms with Crippen LogP contribution < -0.4 is 10.6 Å². The summed E-state index contributed by atoms with van der Waals surface area (Å²) in [6, 6.07) is -0.393. The molecule has 8 heteroatoms. The highest BCUT2D eigenvalue weighted by Crippen LogP contribution is 2.19. The van der Waals surface area contributed by atoms with Crippen molar-refractivity contribution in [3.63, 3.8) is 0 Å². The molecule has 0 saturated carbocycles. The van der Waals surface area contributed by atoms with Crippen LogP contribution in [-0.2, 0) is 4.79 Å². The topological polar surface area (TPSA) is 75.4 Å². The summed E-state index contributed by atoms with van der Waals surface area (Å²) in [4.78, 5) is 20.5. The van der Waals surface area contributed by atoms with Crippen molar-refractivity contribution in [2.24, 2.45) is 11.7 Å². The van der Waals surface area contributed by atoms with Gasteiger partial charge in [-0.3, -0.25) is 4.79 Å². The average Bonchev–Trinajstić information content (AvgIpc) is 2.84.